The van der Waals surface area contributed by atoms with E-state index in [1.165, 1.54) is 0 Å². The van der Waals surface area contributed by atoms with E-state index in [9.17, 15) is 9.18 Å². The van der Waals surface area contributed by atoms with Crippen LogP contribution in [0.2, 0.25) is 0 Å². The molecule has 1 saturated heterocycles. The molecule has 19 heavy (non-hydrogen) atoms. The number of benzene rings is 1. The molecule has 1 aliphatic rings. The second kappa shape index (κ2) is 5.29. The van der Waals surface area contributed by atoms with Crippen LogP contribution < -0.4 is 5.32 Å². The fraction of sp³-hybridized carbons (Fsp3) is 0.533. The molecule has 0 saturated carbocycles. The lowest BCUT2D eigenvalue weighted by Crippen LogP contribution is -2.37. The maximum atomic E-state index is 13.1. The van der Waals surface area contributed by atoms with Crippen LogP contribution in [0.5, 0.6) is 0 Å². The first-order valence-electron chi connectivity index (χ1n) is 6.58. The van der Waals surface area contributed by atoms with Crippen molar-refractivity contribution >= 4 is 5.91 Å². The molecule has 2 rings (SSSR count). The molecule has 1 heterocycles. The van der Waals surface area contributed by atoms with Gasteiger partial charge in [-0.1, -0.05) is 31.2 Å². The van der Waals surface area contributed by atoms with E-state index in [4.69, 9.17) is 5.11 Å². The van der Waals surface area contributed by atoms with Crippen LogP contribution in [0.4, 0.5) is 4.39 Å². The molecule has 1 unspecified atom stereocenters. The Morgan fingerprint density at radius 2 is 2.11 bits per heavy atom. The first kappa shape index (κ1) is 14.0. The number of nitrogens with one attached hydrogen (secondary N) is 1. The fourth-order valence-corrected chi connectivity index (χ4v) is 2.83. The highest BCUT2D eigenvalue weighted by Gasteiger charge is 2.50. The number of amides is 1. The van der Waals surface area contributed by atoms with Crippen molar-refractivity contribution in [3.05, 3.63) is 35.4 Å². The van der Waals surface area contributed by atoms with E-state index in [-0.39, 0.29) is 24.3 Å². The van der Waals surface area contributed by atoms with E-state index in [1.807, 2.05) is 38.1 Å². The SMILES string of the molecule is CC(c1ccc(CO)cc1)[C@@]1(C)C(=O)NC[C@@H]1CF. The average Bonchev–Trinajstić information content (AvgIpc) is 2.75. The van der Waals surface area contributed by atoms with Crippen LogP contribution in [0.3, 0.4) is 0 Å². The van der Waals surface area contributed by atoms with Crippen molar-refractivity contribution < 1.29 is 14.3 Å². The molecule has 0 spiro atoms. The minimum Gasteiger partial charge on any atom is -0.392 e. The highest BCUT2D eigenvalue weighted by atomic mass is 19.1. The van der Waals surface area contributed by atoms with Crippen LogP contribution in [0, 0.1) is 11.3 Å². The lowest BCUT2D eigenvalue weighted by molar-refractivity contribution is -0.129. The van der Waals surface area contributed by atoms with Crippen molar-refractivity contribution in [2.75, 3.05) is 13.2 Å². The molecule has 0 radical (unpaired) electrons. The second-order valence-electron chi connectivity index (χ2n) is 5.47. The van der Waals surface area contributed by atoms with E-state index < -0.39 is 12.1 Å². The zero-order valence-corrected chi connectivity index (χ0v) is 11.3. The standard InChI is InChI=1S/C15H20FNO2/c1-10(12-5-3-11(9-18)4-6-12)15(2)13(7-16)8-17-14(15)19/h3-6,10,13,18H,7-9H2,1-2H3,(H,17,19)/t10?,13-,15+/m0/s1. The van der Waals surface area contributed by atoms with E-state index in [1.54, 1.807) is 0 Å². The highest BCUT2D eigenvalue weighted by molar-refractivity contribution is 5.86. The van der Waals surface area contributed by atoms with Crippen molar-refractivity contribution in [3.8, 4) is 0 Å². The van der Waals surface area contributed by atoms with Gasteiger partial charge in [0.1, 0.15) is 0 Å². The molecule has 104 valence electrons. The van der Waals surface area contributed by atoms with Crippen LogP contribution >= 0.6 is 0 Å². The molecule has 2 N–H and O–H groups in total. The number of aliphatic hydroxyl groups excluding tert-OH is 1. The minimum atomic E-state index is -0.713. The van der Waals surface area contributed by atoms with E-state index in [0.717, 1.165) is 11.1 Å². The Bertz CT molecular complexity index is 460. The topological polar surface area (TPSA) is 49.3 Å². The van der Waals surface area contributed by atoms with Gasteiger partial charge in [0.2, 0.25) is 5.91 Å². The molecule has 3 nitrogen and oxygen atoms in total. The Kier molecular flexibility index (Phi) is 3.90. The number of hydrogen-bond acceptors (Lipinski definition) is 2. The highest BCUT2D eigenvalue weighted by Crippen LogP contribution is 2.45. The normalized spacial score (nSPS) is 28.2. The number of halogens is 1. The predicted molar refractivity (Wildman–Crippen MR) is 71.4 cm³/mol. The quantitative estimate of drug-likeness (QED) is 0.875. The number of rotatable bonds is 4. The number of carbonyl (C=O) groups is 1. The molecule has 0 aliphatic carbocycles. The van der Waals surface area contributed by atoms with Gasteiger partial charge in [0.25, 0.3) is 0 Å². The van der Waals surface area contributed by atoms with E-state index in [2.05, 4.69) is 5.32 Å². The van der Waals surface area contributed by atoms with Crippen molar-refractivity contribution in [1.82, 2.24) is 5.32 Å². The summed E-state index contributed by atoms with van der Waals surface area (Å²) in [5, 5.41) is 11.8. The van der Waals surface area contributed by atoms with Crippen LogP contribution in [0.25, 0.3) is 0 Å². The van der Waals surface area contributed by atoms with Gasteiger partial charge in [-0.3, -0.25) is 9.18 Å². The monoisotopic (exact) mass is 265 g/mol. The van der Waals surface area contributed by atoms with Gasteiger partial charge < -0.3 is 10.4 Å². The molecule has 0 bridgehead atoms. The Labute approximate surface area is 112 Å². The van der Waals surface area contributed by atoms with Crippen LogP contribution in [-0.4, -0.2) is 24.2 Å². The summed E-state index contributed by atoms with van der Waals surface area (Å²) in [5.74, 6) is -0.426. The van der Waals surface area contributed by atoms with Crippen molar-refractivity contribution in [1.29, 1.82) is 0 Å². The molecule has 1 aromatic rings. The second-order valence-corrected chi connectivity index (χ2v) is 5.47. The lowest BCUT2D eigenvalue weighted by atomic mass is 9.68. The molecular formula is C15H20FNO2. The Morgan fingerprint density at radius 1 is 1.47 bits per heavy atom. The lowest BCUT2D eigenvalue weighted by Gasteiger charge is -2.33. The summed E-state index contributed by atoms with van der Waals surface area (Å²) in [5.41, 5.74) is 1.12. The Morgan fingerprint density at radius 3 is 2.63 bits per heavy atom. The molecule has 3 atom stereocenters. The average molecular weight is 265 g/mol. The summed E-state index contributed by atoms with van der Waals surface area (Å²) in [6.45, 7) is 3.71. The number of carbonyl (C=O) groups excluding carboxylic acids is 1. The Hall–Kier alpha value is -1.42. The molecule has 4 heteroatoms. The maximum Gasteiger partial charge on any atom is 0.227 e. The molecule has 1 aromatic carbocycles. The third kappa shape index (κ3) is 2.25. The first-order valence-corrected chi connectivity index (χ1v) is 6.58. The minimum absolute atomic E-state index is 0.000476. The summed E-state index contributed by atoms with van der Waals surface area (Å²) >= 11 is 0. The molecule has 1 fully saturated rings. The maximum absolute atomic E-state index is 13.1. The summed E-state index contributed by atoms with van der Waals surface area (Å²) in [4.78, 5) is 12.1. The molecule has 0 aromatic heterocycles. The van der Waals surface area contributed by atoms with Gasteiger partial charge in [-0.25, -0.2) is 0 Å². The molecule has 1 amide bonds. The summed E-state index contributed by atoms with van der Waals surface area (Å²) in [6.07, 6.45) is 0. The van der Waals surface area contributed by atoms with Crippen LogP contribution in [-0.2, 0) is 11.4 Å². The number of aliphatic hydroxyl groups is 1. The first-order chi connectivity index (χ1) is 9.03. The summed E-state index contributed by atoms with van der Waals surface area (Å²) in [7, 11) is 0. The fourth-order valence-electron chi connectivity index (χ4n) is 2.83. The predicted octanol–water partition coefficient (Wildman–Crippen LogP) is 2.00. The van der Waals surface area contributed by atoms with Crippen LogP contribution in [0.15, 0.2) is 24.3 Å². The number of hydrogen-bond donors (Lipinski definition) is 2. The van der Waals surface area contributed by atoms with Gasteiger partial charge in [-0.05, 0) is 24.0 Å². The summed E-state index contributed by atoms with van der Waals surface area (Å²) < 4.78 is 13.1. The zero-order chi connectivity index (χ0) is 14.0. The van der Waals surface area contributed by atoms with Crippen molar-refractivity contribution in [3.63, 3.8) is 0 Å². The van der Waals surface area contributed by atoms with Gasteiger partial charge in [0, 0.05) is 12.5 Å². The largest absolute Gasteiger partial charge is 0.392 e. The Balaban J connectivity index is 2.30. The van der Waals surface area contributed by atoms with E-state index >= 15 is 0 Å². The molecule has 1 aliphatic heterocycles. The van der Waals surface area contributed by atoms with Gasteiger partial charge in [-0.15, -0.1) is 0 Å². The van der Waals surface area contributed by atoms with Crippen LogP contribution in [0.1, 0.15) is 30.9 Å². The van der Waals surface area contributed by atoms with Gasteiger partial charge in [0.05, 0.1) is 18.7 Å². The molecular weight excluding hydrogens is 245 g/mol. The number of alkyl halides is 1. The van der Waals surface area contributed by atoms with E-state index in [0.29, 0.717) is 6.54 Å². The smallest absolute Gasteiger partial charge is 0.227 e. The van der Waals surface area contributed by atoms with Gasteiger partial charge >= 0.3 is 0 Å². The van der Waals surface area contributed by atoms with Gasteiger partial charge in [-0.2, -0.15) is 0 Å². The van der Waals surface area contributed by atoms with Crippen molar-refractivity contribution in [2.24, 2.45) is 11.3 Å². The third-order valence-corrected chi connectivity index (χ3v) is 4.59. The van der Waals surface area contributed by atoms with Crippen molar-refractivity contribution in [2.45, 2.75) is 26.4 Å². The van der Waals surface area contributed by atoms with Gasteiger partial charge in [0.15, 0.2) is 0 Å². The summed E-state index contributed by atoms with van der Waals surface area (Å²) in [6, 6.07) is 7.49. The third-order valence-electron chi connectivity index (χ3n) is 4.59. The zero-order valence-electron chi connectivity index (χ0n) is 11.3.